The van der Waals surface area contributed by atoms with Crippen LogP contribution in [0.2, 0.25) is 0 Å². The van der Waals surface area contributed by atoms with Crippen LogP contribution in [-0.4, -0.2) is 67.0 Å². The monoisotopic (exact) mass is 516 g/mol. The van der Waals surface area contributed by atoms with Crippen LogP contribution in [0.4, 0.5) is 0 Å². The number of likely N-dealkylation sites (N-methyl/N-ethyl adjacent to an activating group) is 1. The molecule has 33 heavy (non-hydrogen) atoms. The highest BCUT2D eigenvalue weighted by atomic mass is 79.9. The maximum atomic E-state index is 13.1. The summed E-state index contributed by atoms with van der Waals surface area (Å²) in [5, 5.41) is 11.1. The number of likely N-dealkylation sites (tertiary alicyclic amines) is 1. The van der Waals surface area contributed by atoms with Gasteiger partial charge < -0.3 is 24.4 Å². The molecule has 1 aliphatic heterocycles. The lowest BCUT2D eigenvalue weighted by Crippen LogP contribution is -2.35. The first-order chi connectivity index (χ1) is 15.8. The molecule has 0 spiro atoms. The van der Waals surface area contributed by atoms with E-state index in [0.29, 0.717) is 48.9 Å². The molecule has 0 aliphatic carbocycles. The molecular weight excluding hydrogens is 488 g/mol. The third kappa shape index (κ3) is 5.39. The van der Waals surface area contributed by atoms with Gasteiger partial charge in [-0.25, -0.2) is 0 Å². The molecule has 1 amide bonds. The SMILES string of the molecule is CCOc1ccc(C2/C(=C(/O)c3ccc(Br)cc3)C(=O)C(=O)N2CCN(C)C)cc1OCC. The van der Waals surface area contributed by atoms with E-state index >= 15 is 0 Å². The molecule has 1 heterocycles. The third-order valence-electron chi connectivity index (χ3n) is 5.33. The van der Waals surface area contributed by atoms with Crippen LogP contribution in [0.3, 0.4) is 0 Å². The number of halogens is 1. The predicted molar refractivity (Wildman–Crippen MR) is 130 cm³/mol. The number of hydrogen-bond donors (Lipinski definition) is 1. The van der Waals surface area contributed by atoms with Gasteiger partial charge >= 0.3 is 0 Å². The predicted octanol–water partition coefficient (Wildman–Crippen LogP) is 4.23. The normalized spacial score (nSPS) is 17.6. The van der Waals surface area contributed by atoms with E-state index in [9.17, 15) is 14.7 Å². The summed E-state index contributed by atoms with van der Waals surface area (Å²) in [5.74, 6) is -0.427. The maximum absolute atomic E-state index is 13.1. The Kier molecular flexibility index (Phi) is 8.15. The van der Waals surface area contributed by atoms with E-state index < -0.39 is 17.7 Å². The van der Waals surface area contributed by atoms with Crippen LogP contribution >= 0.6 is 15.9 Å². The van der Waals surface area contributed by atoms with Gasteiger partial charge in [0.25, 0.3) is 11.7 Å². The fourth-order valence-electron chi connectivity index (χ4n) is 3.77. The van der Waals surface area contributed by atoms with Gasteiger partial charge in [-0.05, 0) is 57.8 Å². The number of aliphatic hydroxyl groups excluding tert-OH is 1. The molecule has 0 saturated carbocycles. The molecule has 3 rings (SSSR count). The maximum Gasteiger partial charge on any atom is 0.295 e. The summed E-state index contributed by atoms with van der Waals surface area (Å²) in [4.78, 5) is 29.6. The molecule has 2 aromatic carbocycles. The minimum atomic E-state index is -0.747. The number of amides is 1. The van der Waals surface area contributed by atoms with Crippen molar-refractivity contribution in [1.82, 2.24) is 9.80 Å². The van der Waals surface area contributed by atoms with E-state index in [0.717, 1.165) is 4.47 Å². The molecular formula is C25H29BrN2O5. The van der Waals surface area contributed by atoms with Crippen LogP contribution < -0.4 is 9.47 Å². The lowest BCUT2D eigenvalue weighted by molar-refractivity contribution is -0.140. The number of hydrogen-bond acceptors (Lipinski definition) is 6. The van der Waals surface area contributed by atoms with Gasteiger partial charge in [0.1, 0.15) is 5.76 Å². The van der Waals surface area contributed by atoms with Gasteiger partial charge in [-0.1, -0.05) is 34.1 Å². The molecule has 1 fully saturated rings. The van der Waals surface area contributed by atoms with Crippen LogP contribution in [-0.2, 0) is 9.59 Å². The number of nitrogens with zero attached hydrogens (tertiary/aromatic N) is 2. The molecule has 8 heteroatoms. The van der Waals surface area contributed by atoms with Crippen molar-refractivity contribution in [2.24, 2.45) is 0 Å². The van der Waals surface area contributed by atoms with Crippen molar-refractivity contribution in [3.05, 3.63) is 63.6 Å². The molecule has 176 valence electrons. The number of carbonyl (C=O) groups excluding carboxylic acids is 2. The Morgan fingerprint density at radius 3 is 2.27 bits per heavy atom. The summed E-state index contributed by atoms with van der Waals surface area (Å²) in [6.07, 6.45) is 0. The molecule has 0 aromatic heterocycles. The highest BCUT2D eigenvalue weighted by molar-refractivity contribution is 9.10. The van der Waals surface area contributed by atoms with Crippen LogP contribution in [0.5, 0.6) is 11.5 Å². The van der Waals surface area contributed by atoms with E-state index in [4.69, 9.17) is 9.47 Å². The lowest BCUT2D eigenvalue weighted by atomic mass is 9.95. The smallest absolute Gasteiger partial charge is 0.295 e. The largest absolute Gasteiger partial charge is 0.507 e. The van der Waals surface area contributed by atoms with Crippen LogP contribution in [0.15, 0.2) is 52.5 Å². The van der Waals surface area contributed by atoms with Crippen molar-refractivity contribution in [3.63, 3.8) is 0 Å². The molecule has 7 nitrogen and oxygen atoms in total. The van der Waals surface area contributed by atoms with E-state index in [1.165, 1.54) is 4.90 Å². The van der Waals surface area contributed by atoms with Crippen molar-refractivity contribution >= 4 is 33.4 Å². The molecule has 1 N–H and O–H groups in total. The number of aliphatic hydroxyl groups is 1. The summed E-state index contributed by atoms with van der Waals surface area (Å²) in [6.45, 7) is 5.57. The second-order valence-electron chi connectivity index (χ2n) is 7.87. The zero-order chi connectivity index (χ0) is 24.1. The van der Waals surface area contributed by atoms with Crippen LogP contribution in [0, 0.1) is 0 Å². The second-order valence-corrected chi connectivity index (χ2v) is 8.79. The fraction of sp³-hybridized carbons (Fsp3) is 0.360. The summed E-state index contributed by atoms with van der Waals surface area (Å²) in [6, 6.07) is 11.6. The van der Waals surface area contributed by atoms with Gasteiger partial charge in [-0.3, -0.25) is 9.59 Å². The quantitative estimate of drug-likeness (QED) is 0.305. The van der Waals surface area contributed by atoms with Crippen LogP contribution in [0.25, 0.3) is 5.76 Å². The summed E-state index contributed by atoms with van der Waals surface area (Å²) in [7, 11) is 3.80. The Morgan fingerprint density at radius 1 is 1.03 bits per heavy atom. The average Bonchev–Trinajstić information content (AvgIpc) is 3.04. The summed E-state index contributed by atoms with van der Waals surface area (Å²) >= 11 is 3.38. The average molecular weight is 517 g/mol. The topological polar surface area (TPSA) is 79.3 Å². The van der Waals surface area contributed by atoms with Gasteiger partial charge in [0.2, 0.25) is 0 Å². The first kappa shape index (κ1) is 24.8. The van der Waals surface area contributed by atoms with Crippen LogP contribution in [0.1, 0.15) is 31.0 Å². The van der Waals surface area contributed by atoms with Gasteiger partial charge in [0, 0.05) is 23.1 Å². The van der Waals surface area contributed by atoms with E-state index in [2.05, 4.69) is 15.9 Å². The van der Waals surface area contributed by atoms with Crippen molar-refractivity contribution in [2.75, 3.05) is 40.4 Å². The van der Waals surface area contributed by atoms with Gasteiger partial charge in [-0.2, -0.15) is 0 Å². The highest BCUT2D eigenvalue weighted by Crippen LogP contribution is 2.42. The fourth-order valence-corrected chi connectivity index (χ4v) is 4.03. The summed E-state index contributed by atoms with van der Waals surface area (Å²) in [5.41, 5.74) is 1.19. The minimum Gasteiger partial charge on any atom is -0.507 e. The first-order valence-electron chi connectivity index (χ1n) is 10.9. The number of ether oxygens (including phenoxy) is 2. The van der Waals surface area contributed by atoms with Crippen molar-refractivity contribution in [1.29, 1.82) is 0 Å². The Bertz CT molecular complexity index is 1050. The number of benzene rings is 2. The van der Waals surface area contributed by atoms with E-state index in [1.807, 2.05) is 38.9 Å². The molecule has 1 unspecified atom stereocenters. The number of ketones is 1. The Balaban J connectivity index is 2.17. The van der Waals surface area contributed by atoms with Crippen molar-refractivity contribution < 1.29 is 24.2 Å². The minimum absolute atomic E-state index is 0.0627. The number of carbonyl (C=O) groups is 2. The molecule has 0 radical (unpaired) electrons. The Morgan fingerprint density at radius 2 is 1.67 bits per heavy atom. The standard InChI is InChI=1S/C25H29BrN2O5/c1-5-32-19-12-9-17(15-20(19)33-6-2)22-21(23(29)16-7-10-18(26)11-8-16)24(30)25(31)28(22)14-13-27(3)4/h7-12,15,22,29H,5-6,13-14H2,1-4H3/b23-21-. The summed E-state index contributed by atoms with van der Waals surface area (Å²) < 4.78 is 12.3. The Hall–Kier alpha value is -2.84. The molecule has 1 saturated heterocycles. The molecule has 1 aliphatic rings. The molecule has 1 atom stereocenters. The number of Topliss-reactive ketones (excluding diaryl/α,β-unsaturated/α-hetero) is 1. The van der Waals surface area contributed by atoms with Crippen molar-refractivity contribution in [3.8, 4) is 11.5 Å². The highest BCUT2D eigenvalue weighted by Gasteiger charge is 2.46. The lowest BCUT2D eigenvalue weighted by Gasteiger charge is -2.27. The Labute approximate surface area is 202 Å². The van der Waals surface area contributed by atoms with Gasteiger partial charge in [-0.15, -0.1) is 0 Å². The number of rotatable bonds is 9. The van der Waals surface area contributed by atoms with Gasteiger partial charge in [0.15, 0.2) is 11.5 Å². The first-order valence-corrected chi connectivity index (χ1v) is 11.7. The van der Waals surface area contributed by atoms with E-state index in [-0.39, 0.29) is 11.3 Å². The molecule has 0 bridgehead atoms. The van der Waals surface area contributed by atoms with E-state index in [1.54, 1.807) is 36.4 Å². The molecule has 2 aromatic rings. The second kappa shape index (κ2) is 10.9. The zero-order valence-electron chi connectivity index (χ0n) is 19.3. The third-order valence-corrected chi connectivity index (χ3v) is 5.86. The van der Waals surface area contributed by atoms with Gasteiger partial charge in [0.05, 0.1) is 24.8 Å². The van der Waals surface area contributed by atoms with Crippen molar-refractivity contribution in [2.45, 2.75) is 19.9 Å². The zero-order valence-corrected chi connectivity index (χ0v) is 20.9.